The first-order valence-electron chi connectivity index (χ1n) is 6.80. The maximum Gasteiger partial charge on any atom is 0.285 e. The Bertz CT molecular complexity index is 851. The second kappa shape index (κ2) is 7.46. The monoisotopic (exact) mass is 369 g/mol. The lowest BCUT2D eigenvalue weighted by molar-refractivity contribution is -0.385. The van der Waals surface area contributed by atoms with E-state index in [4.69, 9.17) is 23.2 Å². The molecule has 1 aromatic heterocycles. The molecule has 0 saturated heterocycles. The van der Waals surface area contributed by atoms with Gasteiger partial charge in [-0.2, -0.15) is 0 Å². The van der Waals surface area contributed by atoms with E-state index in [0.717, 1.165) is 28.5 Å². The molecule has 1 heterocycles. The lowest BCUT2D eigenvalue weighted by Gasteiger charge is -2.18. The van der Waals surface area contributed by atoms with Crippen molar-refractivity contribution in [1.29, 1.82) is 0 Å². The van der Waals surface area contributed by atoms with E-state index in [1.54, 1.807) is 25.2 Å². The molecule has 9 heteroatoms. The number of pyridine rings is 1. The van der Waals surface area contributed by atoms with Crippen LogP contribution in [0.3, 0.4) is 0 Å². The highest BCUT2D eigenvalue weighted by molar-refractivity contribution is 6.42. The molecule has 0 unspecified atom stereocenters. The smallest absolute Gasteiger partial charge is 0.285 e. The van der Waals surface area contributed by atoms with E-state index >= 15 is 0 Å². The summed E-state index contributed by atoms with van der Waals surface area (Å²) in [5.41, 5.74) is 0.0260. The van der Waals surface area contributed by atoms with Crippen molar-refractivity contribution in [3.05, 3.63) is 72.6 Å². The molecule has 1 amide bonds. The Kier molecular flexibility index (Phi) is 5.58. The van der Waals surface area contributed by atoms with E-state index < -0.39 is 10.5 Å². The van der Waals surface area contributed by atoms with Crippen molar-refractivity contribution in [2.75, 3.05) is 7.05 Å². The fourth-order valence-corrected chi connectivity index (χ4v) is 2.34. The Hall–Kier alpha value is -2.38. The first kappa shape index (κ1) is 18.0. The standard InChI is InChI=1S/C15H13Cl2N3O4/c1-18(7-10-2-4-12(16)13(17)6-10)15(22)9-19-8-11(20(23)24)3-5-14(19)21/h2-6,8H,7,9H2,1H3. The molecular weight excluding hydrogens is 357 g/mol. The van der Waals surface area contributed by atoms with Gasteiger partial charge in [-0.3, -0.25) is 24.3 Å². The van der Waals surface area contributed by atoms with Crippen molar-refractivity contribution in [3.8, 4) is 0 Å². The number of nitrogens with zero attached hydrogens (tertiary/aromatic N) is 3. The predicted molar refractivity (Wildman–Crippen MR) is 90.3 cm³/mol. The van der Waals surface area contributed by atoms with E-state index in [1.165, 1.54) is 4.90 Å². The Balaban J connectivity index is 2.11. The highest BCUT2D eigenvalue weighted by Gasteiger charge is 2.14. The van der Waals surface area contributed by atoms with Gasteiger partial charge in [0.1, 0.15) is 6.54 Å². The SMILES string of the molecule is CN(Cc1ccc(Cl)c(Cl)c1)C(=O)Cn1cc([N+](=O)[O-])ccc1=O. The molecule has 1 aromatic carbocycles. The molecule has 7 nitrogen and oxygen atoms in total. The third kappa shape index (κ3) is 4.33. The van der Waals surface area contributed by atoms with Gasteiger partial charge >= 0.3 is 0 Å². The number of rotatable bonds is 5. The molecule has 0 radical (unpaired) electrons. The first-order valence-corrected chi connectivity index (χ1v) is 7.56. The van der Waals surface area contributed by atoms with Crippen LogP contribution >= 0.6 is 23.2 Å². The summed E-state index contributed by atoms with van der Waals surface area (Å²) in [6.07, 6.45) is 1.05. The second-order valence-electron chi connectivity index (χ2n) is 5.11. The molecule has 0 aliphatic heterocycles. The molecule has 0 aliphatic carbocycles. The van der Waals surface area contributed by atoms with E-state index in [0.29, 0.717) is 10.0 Å². The summed E-state index contributed by atoms with van der Waals surface area (Å²) in [7, 11) is 1.56. The lowest BCUT2D eigenvalue weighted by Crippen LogP contribution is -2.33. The molecule has 2 rings (SSSR count). The third-order valence-corrected chi connectivity index (χ3v) is 4.05. The van der Waals surface area contributed by atoms with Crippen molar-refractivity contribution in [2.45, 2.75) is 13.1 Å². The summed E-state index contributed by atoms with van der Waals surface area (Å²) in [4.78, 5) is 35.5. The Morgan fingerprint density at radius 1 is 1.25 bits per heavy atom. The normalized spacial score (nSPS) is 10.5. The quantitative estimate of drug-likeness (QED) is 0.598. The van der Waals surface area contributed by atoms with Gasteiger partial charge in [-0.25, -0.2) is 0 Å². The van der Waals surface area contributed by atoms with Gasteiger partial charge in [0, 0.05) is 25.7 Å². The molecule has 0 saturated carbocycles. The van der Waals surface area contributed by atoms with E-state index in [-0.39, 0.29) is 24.7 Å². The molecule has 0 N–H and O–H groups in total. The van der Waals surface area contributed by atoms with Crippen molar-refractivity contribution in [2.24, 2.45) is 0 Å². The van der Waals surface area contributed by atoms with Gasteiger partial charge in [0.05, 0.1) is 21.2 Å². The van der Waals surface area contributed by atoms with Crippen LogP contribution in [-0.2, 0) is 17.9 Å². The van der Waals surface area contributed by atoms with Gasteiger partial charge in [-0.1, -0.05) is 29.3 Å². The lowest BCUT2D eigenvalue weighted by atomic mass is 10.2. The van der Waals surface area contributed by atoms with Crippen molar-refractivity contribution in [1.82, 2.24) is 9.47 Å². The van der Waals surface area contributed by atoms with Crippen LogP contribution in [-0.4, -0.2) is 27.3 Å². The predicted octanol–water partition coefficient (Wildman–Crippen LogP) is 2.72. The van der Waals surface area contributed by atoms with Gasteiger partial charge in [-0.15, -0.1) is 0 Å². The minimum absolute atomic E-state index is 0.255. The molecule has 0 spiro atoms. The molecule has 0 atom stereocenters. The average molecular weight is 370 g/mol. The number of halogens is 2. The number of likely N-dealkylation sites (N-methyl/N-ethyl adjacent to an activating group) is 1. The fraction of sp³-hybridized carbons (Fsp3) is 0.200. The van der Waals surface area contributed by atoms with Crippen LogP contribution < -0.4 is 5.56 Å². The Morgan fingerprint density at radius 2 is 1.96 bits per heavy atom. The van der Waals surface area contributed by atoms with Crippen LogP contribution in [0.5, 0.6) is 0 Å². The van der Waals surface area contributed by atoms with Crippen LogP contribution in [0.25, 0.3) is 0 Å². The van der Waals surface area contributed by atoms with Gasteiger partial charge < -0.3 is 4.90 Å². The number of benzene rings is 1. The molecule has 2 aromatic rings. The number of amides is 1. The number of hydrogen-bond acceptors (Lipinski definition) is 4. The number of aromatic nitrogens is 1. The summed E-state index contributed by atoms with van der Waals surface area (Å²) in [6, 6.07) is 7.17. The van der Waals surface area contributed by atoms with Crippen LogP contribution in [0.1, 0.15) is 5.56 Å². The van der Waals surface area contributed by atoms with E-state index in [9.17, 15) is 19.7 Å². The average Bonchev–Trinajstić information content (AvgIpc) is 2.52. The van der Waals surface area contributed by atoms with Crippen molar-refractivity contribution < 1.29 is 9.72 Å². The maximum absolute atomic E-state index is 12.2. The summed E-state index contributed by atoms with van der Waals surface area (Å²) >= 11 is 11.8. The third-order valence-electron chi connectivity index (χ3n) is 3.31. The largest absolute Gasteiger partial charge is 0.340 e. The summed E-state index contributed by atoms with van der Waals surface area (Å²) in [5.74, 6) is -0.372. The van der Waals surface area contributed by atoms with Crippen molar-refractivity contribution >= 4 is 34.8 Å². The highest BCUT2D eigenvalue weighted by Crippen LogP contribution is 2.23. The van der Waals surface area contributed by atoms with Gasteiger partial charge in [-0.05, 0) is 17.7 Å². The first-order chi connectivity index (χ1) is 11.3. The van der Waals surface area contributed by atoms with Gasteiger partial charge in [0.2, 0.25) is 5.91 Å². The molecule has 0 bridgehead atoms. The van der Waals surface area contributed by atoms with Crippen LogP contribution in [0.2, 0.25) is 10.0 Å². The molecule has 0 aliphatic rings. The van der Waals surface area contributed by atoms with E-state index in [2.05, 4.69) is 0 Å². The maximum atomic E-state index is 12.2. The van der Waals surface area contributed by atoms with Crippen LogP contribution in [0.15, 0.2) is 41.3 Å². The summed E-state index contributed by atoms with van der Waals surface area (Å²) in [5, 5.41) is 11.6. The van der Waals surface area contributed by atoms with Crippen LogP contribution in [0.4, 0.5) is 5.69 Å². The fourth-order valence-electron chi connectivity index (χ4n) is 2.02. The number of carbonyl (C=O) groups is 1. The number of carbonyl (C=O) groups excluding carboxylic acids is 1. The van der Waals surface area contributed by atoms with Gasteiger partial charge in [0.15, 0.2) is 0 Å². The minimum atomic E-state index is -0.625. The molecular formula is C15H13Cl2N3O4. The topological polar surface area (TPSA) is 85.4 Å². The number of hydrogen-bond donors (Lipinski definition) is 0. The highest BCUT2D eigenvalue weighted by atomic mass is 35.5. The van der Waals surface area contributed by atoms with Crippen LogP contribution in [0, 0.1) is 10.1 Å². The number of nitro groups is 1. The molecule has 24 heavy (non-hydrogen) atoms. The Labute approximate surface area is 147 Å². The molecule has 126 valence electrons. The second-order valence-corrected chi connectivity index (χ2v) is 5.92. The zero-order valence-electron chi connectivity index (χ0n) is 12.6. The van der Waals surface area contributed by atoms with Crippen molar-refractivity contribution in [3.63, 3.8) is 0 Å². The summed E-state index contributed by atoms with van der Waals surface area (Å²) < 4.78 is 1.01. The molecule has 0 fully saturated rings. The van der Waals surface area contributed by atoms with Gasteiger partial charge in [0.25, 0.3) is 11.2 Å². The zero-order chi connectivity index (χ0) is 17.9. The Morgan fingerprint density at radius 3 is 2.58 bits per heavy atom. The van der Waals surface area contributed by atoms with E-state index in [1.807, 2.05) is 0 Å². The zero-order valence-corrected chi connectivity index (χ0v) is 14.1. The minimum Gasteiger partial charge on any atom is -0.340 e. The summed E-state index contributed by atoms with van der Waals surface area (Å²) in [6.45, 7) is -0.0300.